The van der Waals surface area contributed by atoms with Crippen molar-refractivity contribution < 1.29 is 22.6 Å². The number of benzene rings is 1. The van der Waals surface area contributed by atoms with Gasteiger partial charge < -0.3 is 9.47 Å². The highest BCUT2D eigenvalue weighted by molar-refractivity contribution is 5.68. The molecular weight excluding hydrogens is 423 g/mol. The predicted molar refractivity (Wildman–Crippen MR) is 108 cm³/mol. The SMILES string of the molecule is COc1ncc(-c2cc([C@H]3C[C@@H]3c3c(F)cc(C)cc3F)c3ncc(F)n3n2)c(OC)n1. The average molecular weight is 441 g/mol. The lowest BCUT2D eigenvalue weighted by Crippen LogP contribution is -2.04. The standard InChI is InChI=1S/C22H18F3N5O2/c1-10-4-15(23)19(16(24)5-10)12-6-11(12)13-7-17(29-30-18(25)9-26-20(13)30)14-8-27-22(32-3)28-21(14)31-2/h4-5,7-9,11-12H,6H2,1-3H3/t11-,12-/m0/s1. The Bertz CT molecular complexity index is 1330. The van der Waals surface area contributed by atoms with Crippen LogP contribution in [0.2, 0.25) is 0 Å². The minimum absolute atomic E-state index is 0.0366. The van der Waals surface area contributed by atoms with Gasteiger partial charge in [0, 0.05) is 17.3 Å². The number of aromatic nitrogens is 5. The van der Waals surface area contributed by atoms with Crippen LogP contribution in [0.5, 0.6) is 11.9 Å². The molecule has 0 saturated heterocycles. The fourth-order valence-corrected chi connectivity index (χ4v) is 4.07. The lowest BCUT2D eigenvalue weighted by Gasteiger charge is -2.11. The molecule has 3 aromatic heterocycles. The number of halogens is 3. The maximum atomic E-state index is 14.5. The molecule has 3 heterocycles. The number of nitrogens with zero attached hydrogens (tertiary/aromatic N) is 5. The molecule has 1 aliphatic rings. The van der Waals surface area contributed by atoms with E-state index < -0.39 is 17.6 Å². The fraction of sp³-hybridized carbons (Fsp3) is 0.273. The Balaban J connectivity index is 1.63. The van der Waals surface area contributed by atoms with Crippen molar-refractivity contribution in [1.82, 2.24) is 24.6 Å². The van der Waals surface area contributed by atoms with Crippen LogP contribution in [-0.2, 0) is 0 Å². The van der Waals surface area contributed by atoms with Gasteiger partial charge in [-0.15, -0.1) is 0 Å². The largest absolute Gasteiger partial charge is 0.480 e. The number of ether oxygens (including phenoxy) is 2. The number of fused-ring (bicyclic) bond motifs is 1. The Labute approximate surface area is 180 Å². The maximum absolute atomic E-state index is 14.5. The first-order valence-electron chi connectivity index (χ1n) is 9.86. The lowest BCUT2D eigenvalue weighted by molar-refractivity contribution is 0.353. The van der Waals surface area contributed by atoms with E-state index in [4.69, 9.17) is 9.47 Å². The van der Waals surface area contributed by atoms with Crippen LogP contribution in [0.1, 0.15) is 34.9 Å². The minimum Gasteiger partial charge on any atom is -0.480 e. The van der Waals surface area contributed by atoms with E-state index in [1.165, 1.54) is 32.5 Å². The second-order valence-corrected chi connectivity index (χ2v) is 7.67. The molecule has 1 aliphatic carbocycles. The molecule has 0 radical (unpaired) electrons. The summed E-state index contributed by atoms with van der Waals surface area (Å²) >= 11 is 0. The van der Waals surface area contributed by atoms with Crippen molar-refractivity contribution in [3.8, 4) is 23.1 Å². The number of aryl methyl sites for hydroxylation is 1. The number of rotatable bonds is 5. The van der Waals surface area contributed by atoms with E-state index in [-0.39, 0.29) is 29.3 Å². The highest BCUT2D eigenvalue weighted by Crippen LogP contribution is 2.57. The third-order valence-corrected chi connectivity index (χ3v) is 5.62. The van der Waals surface area contributed by atoms with Crippen LogP contribution in [0.3, 0.4) is 0 Å². The van der Waals surface area contributed by atoms with Gasteiger partial charge >= 0.3 is 6.01 Å². The number of methoxy groups -OCH3 is 2. The molecule has 5 rings (SSSR count). The molecule has 0 N–H and O–H groups in total. The van der Waals surface area contributed by atoms with E-state index in [0.29, 0.717) is 34.5 Å². The first kappa shape index (κ1) is 20.2. The summed E-state index contributed by atoms with van der Waals surface area (Å²) in [5.41, 5.74) is 2.21. The van der Waals surface area contributed by atoms with Crippen LogP contribution in [0, 0.1) is 24.5 Å². The Hall–Kier alpha value is -3.69. The monoisotopic (exact) mass is 441 g/mol. The van der Waals surface area contributed by atoms with Crippen LogP contribution in [0.15, 0.2) is 30.6 Å². The summed E-state index contributed by atoms with van der Waals surface area (Å²) < 4.78 is 54.9. The summed E-state index contributed by atoms with van der Waals surface area (Å²) in [5, 5.41) is 4.31. The van der Waals surface area contributed by atoms with Crippen LogP contribution in [-0.4, -0.2) is 38.8 Å². The Kier molecular flexibility index (Phi) is 4.72. The third-order valence-electron chi connectivity index (χ3n) is 5.62. The molecule has 0 amide bonds. The summed E-state index contributed by atoms with van der Waals surface area (Å²) in [5.74, 6) is -2.28. The fourth-order valence-electron chi connectivity index (χ4n) is 4.07. The van der Waals surface area contributed by atoms with Gasteiger partial charge in [0.2, 0.25) is 11.8 Å². The smallest absolute Gasteiger partial charge is 0.319 e. The molecule has 4 aromatic rings. The topological polar surface area (TPSA) is 74.4 Å². The average Bonchev–Trinajstić information content (AvgIpc) is 3.46. The molecule has 1 fully saturated rings. The zero-order valence-electron chi connectivity index (χ0n) is 17.4. The van der Waals surface area contributed by atoms with Crippen molar-refractivity contribution in [2.45, 2.75) is 25.2 Å². The third kappa shape index (κ3) is 3.22. The van der Waals surface area contributed by atoms with Crippen LogP contribution < -0.4 is 9.47 Å². The highest BCUT2D eigenvalue weighted by Gasteiger charge is 2.44. The number of hydrogen-bond acceptors (Lipinski definition) is 6. The van der Waals surface area contributed by atoms with E-state index in [1.807, 2.05) is 0 Å². The summed E-state index contributed by atoms with van der Waals surface area (Å²) in [4.78, 5) is 12.4. The summed E-state index contributed by atoms with van der Waals surface area (Å²) in [7, 11) is 2.86. The van der Waals surface area contributed by atoms with Crippen molar-refractivity contribution in [1.29, 1.82) is 0 Å². The van der Waals surface area contributed by atoms with Crippen LogP contribution in [0.25, 0.3) is 16.9 Å². The van der Waals surface area contributed by atoms with Crippen molar-refractivity contribution in [2.24, 2.45) is 0 Å². The molecule has 7 nitrogen and oxygen atoms in total. The molecule has 0 bridgehead atoms. The van der Waals surface area contributed by atoms with Crippen molar-refractivity contribution in [2.75, 3.05) is 14.2 Å². The molecule has 1 aromatic carbocycles. The lowest BCUT2D eigenvalue weighted by atomic mass is 10.0. The first-order chi connectivity index (χ1) is 15.4. The van der Waals surface area contributed by atoms with Gasteiger partial charge in [-0.25, -0.2) is 18.7 Å². The first-order valence-corrected chi connectivity index (χ1v) is 9.86. The van der Waals surface area contributed by atoms with Crippen molar-refractivity contribution in [3.05, 3.63) is 64.9 Å². The molecule has 2 atom stereocenters. The van der Waals surface area contributed by atoms with E-state index in [1.54, 1.807) is 13.0 Å². The Morgan fingerprint density at radius 3 is 2.41 bits per heavy atom. The van der Waals surface area contributed by atoms with Gasteiger partial charge in [0.05, 0.1) is 31.7 Å². The number of hydrogen-bond donors (Lipinski definition) is 0. The highest BCUT2D eigenvalue weighted by atomic mass is 19.1. The molecule has 0 spiro atoms. The van der Waals surface area contributed by atoms with Gasteiger partial charge in [0.15, 0.2) is 5.65 Å². The van der Waals surface area contributed by atoms with Gasteiger partial charge in [0.25, 0.3) is 0 Å². The van der Waals surface area contributed by atoms with Gasteiger partial charge in [-0.1, -0.05) is 0 Å². The van der Waals surface area contributed by atoms with Gasteiger partial charge in [-0.05, 0) is 48.9 Å². The summed E-state index contributed by atoms with van der Waals surface area (Å²) in [6.07, 6.45) is 3.02. The number of imidazole rings is 1. The Morgan fingerprint density at radius 2 is 1.72 bits per heavy atom. The van der Waals surface area contributed by atoms with Gasteiger partial charge in [-0.3, -0.25) is 0 Å². The minimum atomic E-state index is -0.665. The normalized spacial score (nSPS) is 17.6. The molecule has 0 aliphatic heterocycles. The van der Waals surface area contributed by atoms with Gasteiger partial charge in [0.1, 0.15) is 11.6 Å². The quantitative estimate of drug-likeness (QED) is 0.462. The van der Waals surface area contributed by atoms with Crippen molar-refractivity contribution in [3.63, 3.8) is 0 Å². The maximum Gasteiger partial charge on any atom is 0.319 e. The molecule has 1 saturated carbocycles. The molecule has 0 unspecified atom stereocenters. The Morgan fingerprint density at radius 1 is 0.969 bits per heavy atom. The van der Waals surface area contributed by atoms with Crippen LogP contribution in [0.4, 0.5) is 13.2 Å². The zero-order valence-corrected chi connectivity index (χ0v) is 17.4. The second-order valence-electron chi connectivity index (χ2n) is 7.67. The van der Waals surface area contributed by atoms with E-state index in [2.05, 4.69) is 20.1 Å². The summed E-state index contributed by atoms with van der Waals surface area (Å²) in [6.45, 7) is 1.64. The molecule has 164 valence electrons. The van der Waals surface area contributed by atoms with E-state index in [0.717, 1.165) is 10.7 Å². The summed E-state index contributed by atoms with van der Waals surface area (Å²) in [6, 6.07) is 4.45. The molecule has 10 heteroatoms. The predicted octanol–water partition coefficient (Wildman–Crippen LogP) is 4.20. The van der Waals surface area contributed by atoms with Gasteiger partial charge in [-0.2, -0.15) is 19.0 Å². The zero-order chi connectivity index (χ0) is 22.6. The second kappa shape index (κ2) is 7.47. The molecule has 32 heavy (non-hydrogen) atoms. The van der Waals surface area contributed by atoms with Crippen molar-refractivity contribution >= 4 is 5.65 Å². The molecular formula is C22H18F3N5O2. The van der Waals surface area contributed by atoms with E-state index in [9.17, 15) is 13.2 Å². The van der Waals surface area contributed by atoms with Crippen LogP contribution >= 0.6 is 0 Å². The van der Waals surface area contributed by atoms with E-state index >= 15 is 0 Å².